The lowest BCUT2D eigenvalue weighted by Crippen LogP contribution is -2.38. The number of thioether (sulfide) groups is 1. The Bertz CT molecular complexity index is 411. The first-order chi connectivity index (χ1) is 8.66. The molecule has 2 nitrogen and oxygen atoms in total. The second-order valence-corrected chi connectivity index (χ2v) is 6.13. The quantitative estimate of drug-likeness (QED) is 0.780. The molecule has 1 heterocycles. The molecule has 1 aliphatic heterocycles. The minimum atomic E-state index is 0.287. The molecule has 0 aliphatic carbocycles. The van der Waals surface area contributed by atoms with Crippen LogP contribution in [0.5, 0.6) is 0 Å². The van der Waals surface area contributed by atoms with Gasteiger partial charge in [-0.3, -0.25) is 4.79 Å². The maximum Gasteiger partial charge on any atom is 0.232 e. The Labute approximate surface area is 114 Å². The molecular weight excluding hydrogens is 242 g/mol. The Kier molecular flexibility index (Phi) is 4.70. The van der Waals surface area contributed by atoms with E-state index in [1.807, 2.05) is 17.0 Å². The van der Waals surface area contributed by atoms with Crippen molar-refractivity contribution >= 4 is 17.7 Å². The van der Waals surface area contributed by atoms with Crippen molar-refractivity contribution in [2.75, 3.05) is 18.8 Å². The largest absolute Gasteiger partial charge is 0.342 e. The number of likely N-dealkylation sites (tertiary alicyclic amines) is 1. The number of amides is 1. The highest BCUT2D eigenvalue weighted by molar-refractivity contribution is 8.00. The first-order valence-corrected chi connectivity index (χ1v) is 7.61. The van der Waals surface area contributed by atoms with Crippen LogP contribution in [0.3, 0.4) is 0 Å². The smallest absolute Gasteiger partial charge is 0.232 e. The highest BCUT2D eigenvalue weighted by Gasteiger charge is 2.20. The predicted molar refractivity (Wildman–Crippen MR) is 76.9 cm³/mol. The zero-order valence-electron chi connectivity index (χ0n) is 11.2. The van der Waals surface area contributed by atoms with E-state index in [0.717, 1.165) is 31.8 Å². The standard InChI is InChI=1S/C15H21NOS/c1-12-7-9-16(10-8-12)15(17)11-18-14-6-4-3-5-13(14)2/h3-6,12H,7-11H2,1-2H3. The molecule has 1 aromatic rings. The number of piperidine rings is 1. The van der Waals surface area contributed by atoms with Crippen LogP contribution in [0.15, 0.2) is 29.2 Å². The van der Waals surface area contributed by atoms with Gasteiger partial charge in [0.25, 0.3) is 0 Å². The lowest BCUT2D eigenvalue weighted by atomic mass is 9.99. The van der Waals surface area contributed by atoms with E-state index in [4.69, 9.17) is 0 Å². The number of carbonyl (C=O) groups excluding carboxylic acids is 1. The average molecular weight is 263 g/mol. The van der Waals surface area contributed by atoms with Gasteiger partial charge in [-0.15, -0.1) is 11.8 Å². The van der Waals surface area contributed by atoms with Gasteiger partial charge < -0.3 is 4.90 Å². The van der Waals surface area contributed by atoms with Gasteiger partial charge in [-0.05, 0) is 37.3 Å². The van der Waals surface area contributed by atoms with Gasteiger partial charge in [0, 0.05) is 18.0 Å². The van der Waals surface area contributed by atoms with Crippen LogP contribution in [0.2, 0.25) is 0 Å². The highest BCUT2D eigenvalue weighted by atomic mass is 32.2. The molecule has 0 N–H and O–H groups in total. The minimum absolute atomic E-state index is 0.287. The monoisotopic (exact) mass is 263 g/mol. The summed E-state index contributed by atoms with van der Waals surface area (Å²) in [5.41, 5.74) is 1.25. The number of hydrogen-bond donors (Lipinski definition) is 0. The van der Waals surface area contributed by atoms with Crippen molar-refractivity contribution in [3.8, 4) is 0 Å². The van der Waals surface area contributed by atoms with E-state index in [0.29, 0.717) is 5.75 Å². The number of nitrogens with zero attached hydrogens (tertiary/aromatic N) is 1. The summed E-state index contributed by atoms with van der Waals surface area (Å²) < 4.78 is 0. The van der Waals surface area contributed by atoms with Gasteiger partial charge in [-0.1, -0.05) is 25.1 Å². The third-order valence-corrected chi connectivity index (χ3v) is 4.74. The molecule has 1 amide bonds. The second kappa shape index (κ2) is 6.28. The van der Waals surface area contributed by atoms with Crippen LogP contribution in [-0.4, -0.2) is 29.6 Å². The Morgan fingerprint density at radius 3 is 2.67 bits per heavy atom. The van der Waals surface area contributed by atoms with E-state index >= 15 is 0 Å². The molecule has 0 atom stereocenters. The maximum absolute atomic E-state index is 12.1. The van der Waals surface area contributed by atoms with E-state index in [-0.39, 0.29) is 5.91 Å². The van der Waals surface area contributed by atoms with Crippen molar-refractivity contribution in [1.29, 1.82) is 0 Å². The third kappa shape index (κ3) is 3.52. The Morgan fingerprint density at radius 1 is 1.33 bits per heavy atom. The normalized spacial score (nSPS) is 16.9. The number of benzene rings is 1. The molecule has 1 fully saturated rings. The summed E-state index contributed by atoms with van der Waals surface area (Å²) in [6.45, 7) is 6.24. The van der Waals surface area contributed by atoms with Gasteiger partial charge in [-0.2, -0.15) is 0 Å². The molecular formula is C15H21NOS. The molecule has 0 unspecified atom stereocenters. The first kappa shape index (κ1) is 13.5. The summed E-state index contributed by atoms with van der Waals surface area (Å²) in [5, 5.41) is 0. The van der Waals surface area contributed by atoms with Crippen LogP contribution in [0.25, 0.3) is 0 Å². The lowest BCUT2D eigenvalue weighted by molar-refractivity contribution is -0.129. The van der Waals surface area contributed by atoms with Gasteiger partial charge in [0.1, 0.15) is 0 Å². The molecule has 1 saturated heterocycles. The van der Waals surface area contributed by atoms with Crippen molar-refractivity contribution in [2.45, 2.75) is 31.6 Å². The summed E-state index contributed by atoms with van der Waals surface area (Å²) in [7, 11) is 0. The van der Waals surface area contributed by atoms with Crippen LogP contribution in [-0.2, 0) is 4.79 Å². The molecule has 3 heteroatoms. The molecule has 0 saturated carbocycles. The van der Waals surface area contributed by atoms with Crippen molar-refractivity contribution < 1.29 is 4.79 Å². The van der Waals surface area contributed by atoms with Gasteiger partial charge in [0.2, 0.25) is 5.91 Å². The summed E-state index contributed by atoms with van der Waals surface area (Å²) >= 11 is 1.66. The van der Waals surface area contributed by atoms with Crippen LogP contribution in [0.4, 0.5) is 0 Å². The van der Waals surface area contributed by atoms with E-state index in [1.54, 1.807) is 11.8 Å². The first-order valence-electron chi connectivity index (χ1n) is 6.63. The van der Waals surface area contributed by atoms with Gasteiger partial charge in [-0.25, -0.2) is 0 Å². The van der Waals surface area contributed by atoms with Crippen molar-refractivity contribution in [3.63, 3.8) is 0 Å². The fraction of sp³-hybridized carbons (Fsp3) is 0.533. The number of aryl methyl sites for hydroxylation is 1. The topological polar surface area (TPSA) is 20.3 Å². The molecule has 18 heavy (non-hydrogen) atoms. The summed E-state index contributed by atoms with van der Waals surface area (Å²) in [6, 6.07) is 8.25. The maximum atomic E-state index is 12.1. The molecule has 1 aromatic carbocycles. The molecule has 0 aromatic heterocycles. The van der Waals surface area contributed by atoms with Crippen LogP contribution < -0.4 is 0 Å². The predicted octanol–water partition coefficient (Wildman–Crippen LogP) is 3.35. The number of rotatable bonds is 3. The van der Waals surface area contributed by atoms with Gasteiger partial charge in [0.05, 0.1) is 5.75 Å². The average Bonchev–Trinajstić information content (AvgIpc) is 2.38. The van der Waals surface area contributed by atoms with Gasteiger partial charge >= 0.3 is 0 Å². The van der Waals surface area contributed by atoms with Crippen LogP contribution in [0, 0.1) is 12.8 Å². The molecule has 1 aliphatic rings. The van der Waals surface area contributed by atoms with Crippen molar-refractivity contribution in [1.82, 2.24) is 4.90 Å². The Balaban J connectivity index is 1.83. The summed E-state index contributed by atoms with van der Waals surface area (Å²) in [6.07, 6.45) is 2.31. The van der Waals surface area contributed by atoms with Gasteiger partial charge in [0.15, 0.2) is 0 Å². The third-order valence-electron chi connectivity index (χ3n) is 3.58. The SMILES string of the molecule is Cc1ccccc1SCC(=O)N1CCC(C)CC1. The van der Waals surface area contributed by atoms with E-state index in [2.05, 4.69) is 26.0 Å². The molecule has 0 spiro atoms. The Hall–Kier alpha value is -0.960. The van der Waals surface area contributed by atoms with E-state index < -0.39 is 0 Å². The zero-order chi connectivity index (χ0) is 13.0. The summed E-state index contributed by atoms with van der Waals surface area (Å²) in [4.78, 5) is 15.3. The van der Waals surface area contributed by atoms with Crippen molar-refractivity contribution in [2.24, 2.45) is 5.92 Å². The molecule has 0 bridgehead atoms. The molecule has 0 radical (unpaired) electrons. The molecule has 98 valence electrons. The van der Waals surface area contributed by atoms with Crippen LogP contribution in [0.1, 0.15) is 25.3 Å². The molecule has 2 rings (SSSR count). The fourth-order valence-electron chi connectivity index (χ4n) is 2.21. The highest BCUT2D eigenvalue weighted by Crippen LogP contribution is 2.23. The zero-order valence-corrected chi connectivity index (χ0v) is 12.0. The van der Waals surface area contributed by atoms with E-state index in [1.165, 1.54) is 10.5 Å². The number of carbonyl (C=O) groups is 1. The number of hydrogen-bond acceptors (Lipinski definition) is 2. The van der Waals surface area contributed by atoms with Crippen molar-refractivity contribution in [3.05, 3.63) is 29.8 Å². The lowest BCUT2D eigenvalue weighted by Gasteiger charge is -2.30. The minimum Gasteiger partial charge on any atom is -0.342 e. The second-order valence-electron chi connectivity index (χ2n) is 5.12. The Morgan fingerprint density at radius 2 is 2.00 bits per heavy atom. The summed E-state index contributed by atoms with van der Waals surface area (Å²) in [5.74, 6) is 1.63. The van der Waals surface area contributed by atoms with E-state index in [9.17, 15) is 4.79 Å². The van der Waals surface area contributed by atoms with Crippen LogP contribution >= 0.6 is 11.8 Å². The fourth-order valence-corrected chi connectivity index (χ4v) is 3.14.